The Hall–Kier alpha value is -1.10. The molecule has 0 aliphatic rings. The van der Waals surface area contributed by atoms with Crippen molar-refractivity contribution in [3.63, 3.8) is 0 Å². The van der Waals surface area contributed by atoms with Gasteiger partial charge in [0, 0.05) is 13.5 Å². The van der Waals surface area contributed by atoms with Crippen molar-refractivity contribution < 1.29 is 9.59 Å². The Morgan fingerprint density at radius 2 is 1.74 bits per heavy atom. The van der Waals surface area contributed by atoms with Crippen LogP contribution in [0.1, 0.15) is 52.4 Å². The lowest BCUT2D eigenvalue weighted by Crippen LogP contribution is -2.46. The minimum Gasteiger partial charge on any atom is -0.357 e. The summed E-state index contributed by atoms with van der Waals surface area (Å²) in [4.78, 5) is 23.4. The van der Waals surface area contributed by atoms with Crippen molar-refractivity contribution in [1.29, 1.82) is 0 Å². The lowest BCUT2D eigenvalue weighted by Gasteiger charge is -2.19. The van der Waals surface area contributed by atoms with Crippen molar-refractivity contribution in [2.75, 3.05) is 13.6 Å². The Kier molecular flexibility index (Phi) is 10.2. The van der Waals surface area contributed by atoms with Gasteiger partial charge in [-0.25, -0.2) is 0 Å². The average molecular weight is 271 g/mol. The highest BCUT2D eigenvalue weighted by molar-refractivity contribution is 5.87. The zero-order valence-corrected chi connectivity index (χ0v) is 12.5. The summed E-state index contributed by atoms with van der Waals surface area (Å²) >= 11 is 0. The molecule has 19 heavy (non-hydrogen) atoms. The predicted molar refractivity (Wildman–Crippen MR) is 77.6 cm³/mol. The molecule has 0 saturated carbocycles. The van der Waals surface area contributed by atoms with Gasteiger partial charge in [0.1, 0.15) is 6.04 Å². The highest BCUT2D eigenvalue weighted by Gasteiger charge is 2.20. The number of hydrogen-bond donors (Lipinski definition) is 3. The summed E-state index contributed by atoms with van der Waals surface area (Å²) in [5.41, 5.74) is 5.41. The Labute approximate surface area is 116 Å². The first-order chi connectivity index (χ1) is 9.01. The first-order valence-electron chi connectivity index (χ1n) is 7.22. The van der Waals surface area contributed by atoms with Crippen molar-refractivity contribution in [1.82, 2.24) is 10.6 Å². The molecule has 0 spiro atoms. The third-order valence-electron chi connectivity index (χ3n) is 2.96. The van der Waals surface area contributed by atoms with Gasteiger partial charge >= 0.3 is 0 Å². The van der Waals surface area contributed by atoms with Crippen molar-refractivity contribution in [3.8, 4) is 0 Å². The molecule has 5 nitrogen and oxygen atoms in total. The van der Waals surface area contributed by atoms with E-state index in [2.05, 4.69) is 10.6 Å². The van der Waals surface area contributed by atoms with Crippen LogP contribution < -0.4 is 16.4 Å². The molecular formula is C14H29N3O2. The molecule has 0 aliphatic carbocycles. The van der Waals surface area contributed by atoms with E-state index in [1.807, 2.05) is 13.8 Å². The van der Waals surface area contributed by atoms with E-state index in [0.29, 0.717) is 25.3 Å². The molecule has 2 amide bonds. The molecule has 5 heteroatoms. The fourth-order valence-electron chi connectivity index (χ4n) is 1.93. The van der Waals surface area contributed by atoms with E-state index >= 15 is 0 Å². The molecule has 0 saturated heterocycles. The summed E-state index contributed by atoms with van der Waals surface area (Å²) < 4.78 is 0. The maximum Gasteiger partial charge on any atom is 0.242 e. The molecule has 0 aliphatic heterocycles. The van der Waals surface area contributed by atoms with Crippen LogP contribution in [0.25, 0.3) is 0 Å². The zero-order chi connectivity index (χ0) is 14.7. The second kappa shape index (κ2) is 10.8. The van der Waals surface area contributed by atoms with Crippen LogP contribution in [0.4, 0.5) is 0 Å². The first kappa shape index (κ1) is 17.9. The van der Waals surface area contributed by atoms with E-state index in [0.717, 1.165) is 25.7 Å². The maximum absolute atomic E-state index is 11.8. The molecule has 0 bridgehead atoms. The van der Waals surface area contributed by atoms with Gasteiger partial charge < -0.3 is 16.4 Å². The second-order valence-electron chi connectivity index (χ2n) is 5.32. The Balaban J connectivity index is 3.99. The van der Waals surface area contributed by atoms with E-state index in [4.69, 9.17) is 5.73 Å². The molecule has 0 fully saturated rings. The molecule has 0 aromatic heterocycles. The monoisotopic (exact) mass is 271 g/mol. The molecular weight excluding hydrogens is 242 g/mol. The average Bonchev–Trinajstić information content (AvgIpc) is 2.36. The van der Waals surface area contributed by atoms with E-state index in [-0.39, 0.29) is 11.8 Å². The van der Waals surface area contributed by atoms with Crippen LogP contribution in [0.5, 0.6) is 0 Å². The summed E-state index contributed by atoms with van der Waals surface area (Å²) in [6.07, 6.45) is 5.09. The van der Waals surface area contributed by atoms with Crippen LogP contribution in [0.3, 0.4) is 0 Å². The number of carbonyl (C=O) groups excluding carboxylic acids is 2. The van der Waals surface area contributed by atoms with Gasteiger partial charge in [-0.05, 0) is 31.7 Å². The summed E-state index contributed by atoms with van der Waals surface area (Å²) in [7, 11) is 1.59. The van der Waals surface area contributed by atoms with Gasteiger partial charge in [0.2, 0.25) is 11.8 Å². The van der Waals surface area contributed by atoms with Gasteiger partial charge in [0.25, 0.3) is 0 Å². The smallest absolute Gasteiger partial charge is 0.242 e. The van der Waals surface area contributed by atoms with Gasteiger partial charge in [-0.2, -0.15) is 0 Å². The number of unbranched alkanes of at least 4 members (excludes halogenated alkanes) is 3. The van der Waals surface area contributed by atoms with Gasteiger partial charge in [0.15, 0.2) is 0 Å². The Morgan fingerprint density at radius 3 is 2.26 bits per heavy atom. The topological polar surface area (TPSA) is 84.2 Å². The van der Waals surface area contributed by atoms with E-state index in [1.54, 1.807) is 7.05 Å². The molecule has 0 aromatic carbocycles. The summed E-state index contributed by atoms with van der Waals surface area (Å²) in [6.45, 7) is 4.78. The molecule has 1 atom stereocenters. The predicted octanol–water partition coefficient (Wildman–Crippen LogP) is 1.17. The van der Waals surface area contributed by atoms with Gasteiger partial charge in [-0.3, -0.25) is 9.59 Å². The molecule has 112 valence electrons. The van der Waals surface area contributed by atoms with E-state index in [1.165, 1.54) is 0 Å². The molecule has 0 radical (unpaired) electrons. The third-order valence-corrected chi connectivity index (χ3v) is 2.96. The van der Waals surface area contributed by atoms with Gasteiger partial charge in [0.05, 0.1) is 0 Å². The fourth-order valence-corrected chi connectivity index (χ4v) is 1.93. The van der Waals surface area contributed by atoms with E-state index in [9.17, 15) is 9.59 Å². The Bertz CT molecular complexity index is 267. The molecule has 0 rings (SSSR count). The van der Waals surface area contributed by atoms with Crippen LogP contribution in [-0.2, 0) is 9.59 Å². The summed E-state index contributed by atoms with van der Waals surface area (Å²) in [5.74, 6) is 0.208. The van der Waals surface area contributed by atoms with Crippen LogP contribution in [0, 0.1) is 5.92 Å². The van der Waals surface area contributed by atoms with Gasteiger partial charge in [-0.15, -0.1) is 0 Å². The van der Waals surface area contributed by atoms with Crippen LogP contribution in [0.15, 0.2) is 0 Å². The van der Waals surface area contributed by atoms with Crippen molar-refractivity contribution in [2.45, 2.75) is 58.4 Å². The number of nitrogens with one attached hydrogen (secondary N) is 2. The minimum absolute atomic E-state index is 0.0398. The summed E-state index contributed by atoms with van der Waals surface area (Å²) in [6, 6.07) is -0.415. The third kappa shape index (κ3) is 9.47. The number of carbonyl (C=O) groups is 2. The van der Waals surface area contributed by atoms with Crippen LogP contribution >= 0.6 is 0 Å². The number of amides is 2. The minimum atomic E-state index is -0.415. The van der Waals surface area contributed by atoms with Crippen LogP contribution in [-0.4, -0.2) is 31.4 Å². The Morgan fingerprint density at radius 1 is 1.11 bits per heavy atom. The SMILES string of the molecule is CNC(=O)C(CC(C)C)NC(=O)CCCCCCN. The largest absolute Gasteiger partial charge is 0.357 e. The van der Waals surface area contributed by atoms with Crippen LogP contribution in [0.2, 0.25) is 0 Å². The second-order valence-corrected chi connectivity index (χ2v) is 5.32. The van der Waals surface area contributed by atoms with Crippen molar-refractivity contribution in [3.05, 3.63) is 0 Å². The number of nitrogens with two attached hydrogens (primary N) is 1. The maximum atomic E-state index is 11.8. The molecule has 0 heterocycles. The van der Waals surface area contributed by atoms with Crippen molar-refractivity contribution in [2.24, 2.45) is 11.7 Å². The molecule has 0 aromatic rings. The van der Waals surface area contributed by atoms with Crippen molar-refractivity contribution >= 4 is 11.8 Å². The van der Waals surface area contributed by atoms with E-state index < -0.39 is 6.04 Å². The quantitative estimate of drug-likeness (QED) is 0.522. The highest BCUT2D eigenvalue weighted by Crippen LogP contribution is 2.07. The fraction of sp³-hybridized carbons (Fsp3) is 0.857. The van der Waals surface area contributed by atoms with Gasteiger partial charge in [-0.1, -0.05) is 26.7 Å². The first-order valence-corrected chi connectivity index (χ1v) is 7.22. The number of hydrogen-bond acceptors (Lipinski definition) is 3. The zero-order valence-electron chi connectivity index (χ0n) is 12.5. The lowest BCUT2D eigenvalue weighted by atomic mass is 10.0. The number of likely N-dealkylation sites (N-methyl/N-ethyl adjacent to an activating group) is 1. The molecule has 4 N–H and O–H groups in total. The molecule has 1 unspecified atom stereocenters. The standard InChI is InChI=1S/C14H29N3O2/c1-11(2)10-12(14(19)16-3)17-13(18)8-6-4-5-7-9-15/h11-12H,4-10,15H2,1-3H3,(H,16,19)(H,17,18). The highest BCUT2D eigenvalue weighted by atomic mass is 16.2. The summed E-state index contributed by atoms with van der Waals surface area (Å²) in [5, 5.41) is 5.41. The normalized spacial score (nSPS) is 12.3. The lowest BCUT2D eigenvalue weighted by molar-refractivity contribution is -0.129. The number of rotatable bonds is 10.